The maximum atomic E-state index is 14.9. The predicted molar refractivity (Wildman–Crippen MR) is 109 cm³/mol. The van der Waals surface area contributed by atoms with Gasteiger partial charge in [-0.25, -0.2) is 9.37 Å². The number of carbonyl (C=O) groups excluding carboxylic acids is 1. The molecule has 1 amide bonds. The van der Waals surface area contributed by atoms with Crippen LogP contribution in [-0.2, 0) is 11.2 Å². The van der Waals surface area contributed by atoms with Crippen LogP contribution in [0, 0.1) is 11.7 Å². The molecule has 0 bridgehead atoms. The monoisotopic (exact) mass is 415 g/mol. The summed E-state index contributed by atoms with van der Waals surface area (Å²) in [5.74, 6) is 0.296. The van der Waals surface area contributed by atoms with Crippen molar-refractivity contribution in [2.45, 2.75) is 32.6 Å². The fraction of sp³-hybridized carbons (Fsp3) is 0.400. The largest absolute Gasteiger partial charge is 0.368 e. The molecule has 0 saturated carbocycles. The van der Waals surface area contributed by atoms with Gasteiger partial charge in [-0.2, -0.15) is 4.98 Å². The van der Waals surface area contributed by atoms with Crippen molar-refractivity contribution < 1.29 is 13.7 Å². The molecule has 0 radical (unpaired) electrons. The van der Waals surface area contributed by atoms with Gasteiger partial charge in [-0.1, -0.05) is 12.1 Å². The van der Waals surface area contributed by atoms with Crippen molar-refractivity contribution in [3.8, 4) is 11.5 Å². The highest BCUT2D eigenvalue weighted by molar-refractivity contribution is 7.13. The van der Waals surface area contributed by atoms with E-state index in [1.54, 1.807) is 18.3 Å². The van der Waals surface area contributed by atoms with Gasteiger partial charge in [-0.05, 0) is 37.5 Å². The van der Waals surface area contributed by atoms with Crippen molar-refractivity contribution in [1.29, 1.82) is 0 Å². The molecule has 1 fully saturated rings. The van der Waals surface area contributed by atoms with Gasteiger partial charge in [0.2, 0.25) is 5.91 Å². The number of hydrogen-bond acceptors (Lipinski definition) is 7. The zero-order valence-corrected chi connectivity index (χ0v) is 16.9. The number of amides is 1. The number of carbonyl (C=O) groups is 1. The zero-order valence-electron chi connectivity index (χ0n) is 16.1. The summed E-state index contributed by atoms with van der Waals surface area (Å²) < 4.78 is 20.1. The third kappa shape index (κ3) is 4.45. The average molecular weight is 415 g/mol. The third-order valence-corrected chi connectivity index (χ3v) is 5.62. The molecule has 1 aromatic carbocycles. The second-order valence-corrected chi connectivity index (χ2v) is 7.94. The first-order chi connectivity index (χ1) is 14.1. The van der Waals surface area contributed by atoms with Crippen molar-refractivity contribution in [2.75, 3.05) is 23.3 Å². The number of hydrogen-bond donors (Lipinski definition) is 1. The van der Waals surface area contributed by atoms with Crippen LogP contribution in [0.5, 0.6) is 0 Å². The molecule has 4 rings (SSSR count). The van der Waals surface area contributed by atoms with Gasteiger partial charge in [-0.15, -0.1) is 11.3 Å². The number of aromatic nitrogens is 3. The Hall–Kier alpha value is -2.81. The number of benzene rings is 1. The molecule has 152 valence electrons. The standard InChI is InChI=1S/C20H22FN5O2S/c1-2-4-17-23-19(28-25-17)13-6-7-16(15(21)11-13)26-9-3-5-14(12-26)18(27)24-20-22-8-10-29-20/h6-8,10-11,14H,2-5,9,12H2,1H3,(H,22,24,27). The summed E-state index contributed by atoms with van der Waals surface area (Å²) >= 11 is 1.38. The first-order valence-electron chi connectivity index (χ1n) is 9.72. The Morgan fingerprint density at radius 2 is 2.34 bits per heavy atom. The summed E-state index contributed by atoms with van der Waals surface area (Å²) in [7, 11) is 0. The van der Waals surface area contributed by atoms with E-state index in [0.29, 0.717) is 41.2 Å². The molecule has 1 aliphatic rings. The van der Waals surface area contributed by atoms with Gasteiger partial charge in [0.15, 0.2) is 11.0 Å². The number of nitrogens with zero attached hydrogens (tertiary/aromatic N) is 4. The van der Waals surface area contributed by atoms with E-state index >= 15 is 0 Å². The van der Waals surface area contributed by atoms with Crippen molar-refractivity contribution >= 4 is 28.1 Å². The summed E-state index contributed by atoms with van der Waals surface area (Å²) in [5, 5.41) is 9.16. The number of halogens is 1. The van der Waals surface area contributed by atoms with Crippen LogP contribution in [0.4, 0.5) is 15.2 Å². The number of nitrogens with one attached hydrogen (secondary N) is 1. The fourth-order valence-electron chi connectivity index (χ4n) is 3.50. The molecule has 0 spiro atoms. The Bertz CT molecular complexity index is 975. The van der Waals surface area contributed by atoms with Crippen molar-refractivity contribution in [2.24, 2.45) is 5.92 Å². The molecule has 1 atom stereocenters. The Morgan fingerprint density at radius 3 is 3.10 bits per heavy atom. The van der Waals surface area contributed by atoms with Crippen LogP contribution in [0.1, 0.15) is 32.0 Å². The van der Waals surface area contributed by atoms with Crippen LogP contribution in [-0.4, -0.2) is 34.1 Å². The molecular weight excluding hydrogens is 393 g/mol. The first-order valence-corrected chi connectivity index (χ1v) is 10.6. The maximum absolute atomic E-state index is 14.9. The molecule has 3 aromatic rings. The van der Waals surface area contributed by atoms with Crippen LogP contribution in [0.2, 0.25) is 0 Å². The van der Waals surface area contributed by atoms with Gasteiger partial charge >= 0.3 is 0 Å². The van der Waals surface area contributed by atoms with Crippen molar-refractivity contribution in [3.63, 3.8) is 0 Å². The SMILES string of the molecule is CCCc1noc(-c2ccc(N3CCCC(C(=O)Nc4nccs4)C3)c(F)c2)n1. The fourth-order valence-corrected chi connectivity index (χ4v) is 4.03. The lowest BCUT2D eigenvalue weighted by Gasteiger charge is -2.33. The summed E-state index contributed by atoms with van der Waals surface area (Å²) in [6.07, 6.45) is 4.89. The van der Waals surface area contributed by atoms with Gasteiger partial charge in [0.25, 0.3) is 5.89 Å². The van der Waals surface area contributed by atoms with E-state index in [9.17, 15) is 9.18 Å². The third-order valence-electron chi connectivity index (χ3n) is 4.93. The van der Waals surface area contributed by atoms with E-state index in [-0.39, 0.29) is 17.6 Å². The van der Waals surface area contributed by atoms with Gasteiger partial charge in [-0.3, -0.25) is 4.79 Å². The number of thiazole rings is 1. The van der Waals surface area contributed by atoms with Gasteiger partial charge in [0, 0.05) is 36.7 Å². The zero-order chi connectivity index (χ0) is 20.2. The topological polar surface area (TPSA) is 84.2 Å². The second kappa shape index (κ2) is 8.69. The second-order valence-electron chi connectivity index (χ2n) is 7.04. The molecule has 2 aromatic heterocycles. The van der Waals surface area contributed by atoms with Gasteiger partial charge in [0.05, 0.1) is 11.6 Å². The minimum atomic E-state index is -0.362. The van der Waals surface area contributed by atoms with Crippen molar-refractivity contribution in [1.82, 2.24) is 15.1 Å². The highest BCUT2D eigenvalue weighted by Gasteiger charge is 2.28. The lowest BCUT2D eigenvalue weighted by Crippen LogP contribution is -2.41. The lowest BCUT2D eigenvalue weighted by atomic mass is 9.96. The predicted octanol–water partition coefficient (Wildman–Crippen LogP) is 4.14. The number of anilines is 2. The van der Waals surface area contributed by atoms with Crippen LogP contribution in [0.25, 0.3) is 11.5 Å². The Balaban J connectivity index is 1.46. The maximum Gasteiger partial charge on any atom is 0.258 e. The van der Waals surface area contributed by atoms with E-state index in [1.807, 2.05) is 17.2 Å². The normalized spacial score (nSPS) is 16.8. The summed E-state index contributed by atoms with van der Waals surface area (Å²) in [4.78, 5) is 22.8. The molecule has 3 heterocycles. The van der Waals surface area contributed by atoms with E-state index in [0.717, 1.165) is 25.7 Å². The van der Waals surface area contributed by atoms with E-state index in [2.05, 4.69) is 20.4 Å². The molecule has 29 heavy (non-hydrogen) atoms. The molecule has 1 aliphatic heterocycles. The van der Waals surface area contributed by atoms with Crippen LogP contribution in [0.15, 0.2) is 34.3 Å². The Labute approximate surface area is 172 Å². The summed E-state index contributed by atoms with van der Waals surface area (Å²) in [6, 6.07) is 4.91. The minimum Gasteiger partial charge on any atom is -0.368 e. The number of rotatable bonds is 6. The molecule has 0 aliphatic carbocycles. The average Bonchev–Trinajstić information content (AvgIpc) is 3.40. The Kier molecular flexibility index (Phi) is 5.84. The van der Waals surface area contributed by atoms with Crippen molar-refractivity contribution in [3.05, 3.63) is 41.4 Å². The molecule has 1 saturated heterocycles. The summed E-state index contributed by atoms with van der Waals surface area (Å²) in [5.41, 5.74) is 1.03. The smallest absolute Gasteiger partial charge is 0.258 e. The van der Waals surface area contributed by atoms with Crippen LogP contribution in [0.3, 0.4) is 0 Å². The highest BCUT2D eigenvalue weighted by atomic mass is 32.1. The molecule has 7 nitrogen and oxygen atoms in total. The van der Waals surface area contributed by atoms with Crippen LogP contribution >= 0.6 is 11.3 Å². The van der Waals surface area contributed by atoms with Gasteiger partial charge in [0.1, 0.15) is 5.82 Å². The molecular formula is C20H22FN5O2S. The van der Waals surface area contributed by atoms with Crippen LogP contribution < -0.4 is 10.2 Å². The van der Waals surface area contributed by atoms with E-state index in [1.165, 1.54) is 17.4 Å². The first kappa shape index (κ1) is 19.5. The highest BCUT2D eigenvalue weighted by Crippen LogP contribution is 2.29. The number of aryl methyl sites for hydroxylation is 1. The number of piperidine rings is 1. The lowest BCUT2D eigenvalue weighted by molar-refractivity contribution is -0.120. The molecule has 9 heteroatoms. The molecule has 1 unspecified atom stereocenters. The molecule has 1 N–H and O–H groups in total. The van der Waals surface area contributed by atoms with E-state index < -0.39 is 0 Å². The Morgan fingerprint density at radius 1 is 1.45 bits per heavy atom. The van der Waals surface area contributed by atoms with Gasteiger partial charge < -0.3 is 14.7 Å². The summed E-state index contributed by atoms with van der Waals surface area (Å²) in [6.45, 7) is 3.21. The van der Waals surface area contributed by atoms with E-state index in [4.69, 9.17) is 4.52 Å². The quantitative estimate of drug-likeness (QED) is 0.651. The minimum absolute atomic E-state index is 0.0732.